The van der Waals surface area contributed by atoms with Gasteiger partial charge in [-0.1, -0.05) is 12.4 Å². The zero-order valence-corrected chi connectivity index (χ0v) is 13.1. The van der Waals surface area contributed by atoms with Gasteiger partial charge in [0.05, 0.1) is 18.5 Å². The van der Waals surface area contributed by atoms with Crippen molar-refractivity contribution in [1.29, 1.82) is 0 Å². The van der Waals surface area contributed by atoms with E-state index in [1.54, 1.807) is 6.26 Å². The summed E-state index contributed by atoms with van der Waals surface area (Å²) in [7, 11) is 2.33. The fourth-order valence-electron chi connectivity index (χ4n) is 3.30. The quantitative estimate of drug-likeness (QED) is 0.857. The van der Waals surface area contributed by atoms with Crippen LogP contribution in [0, 0.1) is 12.8 Å². The third-order valence-corrected chi connectivity index (χ3v) is 4.51. The number of pyridine rings is 1. The average molecular weight is 291 g/mol. The summed E-state index contributed by atoms with van der Waals surface area (Å²) < 4.78 is 5.42. The molecular formula is C18H20BN2O. The van der Waals surface area contributed by atoms with Crippen molar-refractivity contribution in [3.8, 4) is 0 Å². The van der Waals surface area contributed by atoms with Gasteiger partial charge < -0.3 is 9.73 Å². The number of nitrogens with zero attached hydrogens (tertiary/aromatic N) is 1. The summed E-state index contributed by atoms with van der Waals surface area (Å²) in [5.41, 5.74) is 7.68. The first-order valence-corrected chi connectivity index (χ1v) is 8.12. The highest BCUT2D eigenvalue weighted by Gasteiger charge is 2.35. The van der Waals surface area contributed by atoms with Crippen molar-refractivity contribution in [3.63, 3.8) is 0 Å². The molecule has 0 amide bonds. The fourth-order valence-corrected chi connectivity index (χ4v) is 3.30. The zero-order valence-electron chi connectivity index (χ0n) is 13.1. The largest absolute Gasteiger partial charge is 0.467 e. The molecular weight excluding hydrogens is 271 g/mol. The minimum atomic E-state index is 0.705. The SMILES string of the molecule is CCC1=C(C2CC2)c2nc(C)cc(NCc3ccco3)c2[B]1. The summed E-state index contributed by atoms with van der Waals surface area (Å²) in [4.78, 5) is 4.85. The lowest BCUT2D eigenvalue weighted by molar-refractivity contribution is 0.518. The summed E-state index contributed by atoms with van der Waals surface area (Å²) in [6.45, 7) is 5.02. The topological polar surface area (TPSA) is 38.1 Å². The van der Waals surface area contributed by atoms with Crippen molar-refractivity contribution in [2.45, 2.75) is 39.7 Å². The Bertz CT molecular complexity index is 730. The van der Waals surface area contributed by atoms with Crippen LogP contribution in [-0.4, -0.2) is 12.3 Å². The normalized spacial score (nSPS) is 16.6. The van der Waals surface area contributed by atoms with Crippen LogP contribution < -0.4 is 10.8 Å². The van der Waals surface area contributed by atoms with Gasteiger partial charge in [-0.15, -0.1) is 0 Å². The number of hydrogen-bond acceptors (Lipinski definition) is 3. The molecule has 0 bridgehead atoms. The minimum Gasteiger partial charge on any atom is -0.467 e. The van der Waals surface area contributed by atoms with Crippen LogP contribution in [0.3, 0.4) is 0 Å². The van der Waals surface area contributed by atoms with Crippen molar-refractivity contribution in [2.75, 3.05) is 5.32 Å². The van der Waals surface area contributed by atoms with Gasteiger partial charge in [-0.05, 0) is 61.3 Å². The second-order valence-electron chi connectivity index (χ2n) is 6.22. The summed E-state index contributed by atoms with van der Waals surface area (Å²) in [6.07, 6.45) is 5.43. The molecule has 2 aromatic rings. The van der Waals surface area contributed by atoms with Gasteiger partial charge in [0.15, 0.2) is 7.28 Å². The van der Waals surface area contributed by atoms with E-state index in [9.17, 15) is 0 Å². The molecule has 2 aromatic heterocycles. The van der Waals surface area contributed by atoms with Crippen molar-refractivity contribution in [1.82, 2.24) is 4.98 Å². The van der Waals surface area contributed by atoms with Crippen molar-refractivity contribution < 1.29 is 4.42 Å². The van der Waals surface area contributed by atoms with Crippen molar-refractivity contribution >= 4 is 24.0 Å². The summed E-state index contributed by atoms with van der Waals surface area (Å²) in [6, 6.07) is 6.06. The standard InChI is InChI=1S/C18H20BN2O/c1-3-14-16(12-6-7-12)18-17(19-14)15(9-11(2)21-18)20-10-13-5-4-8-22-13/h4-5,8-9,12H,3,6-7,10H2,1-2H3,(H,20,21). The van der Waals surface area contributed by atoms with Crippen LogP contribution in [-0.2, 0) is 6.54 Å². The van der Waals surface area contributed by atoms with E-state index in [4.69, 9.17) is 9.40 Å². The van der Waals surface area contributed by atoms with Gasteiger partial charge in [0.2, 0.25) is 0 Å². The Hall–Kier alpha value is -1.97. The Morgan fingerprint density at radius 1 is 1.41 bits per heavy atom. The predicted octanol–water partition coefficient (Wildman–Crippen LogP) is 3.47. The molecule has 0 spiro atoms. The predicted molar refractivity (Wildman–Crippen MR) is 90.3 cm³/mol. The number of furan rings is 1. The molecule has 0 atom stereocenters. The van der Waals surface area contributed by atoms with E-state index in [0.717, 1.165) is 23.8 Å². The summed E-state index contributed by atoms with van der Waals surface area (Å²) in [5.74, 6) is 1.69. The molecule has 1 radical (unpaired) electrons. The number of anilines is 1. The van der Waals surface area contributed by atoms with Crippen LogP contribution in [0.2, 0.25) is 0 Å². The van der Waals surface area contributed by atoms with Gasteiger partial charge in [0.1, 0.15) is 5.76 Å². The number of aryl methyl sites for hydroxylation is 1. The Morgan fingerprint density at radius 3 is 2.95 bits per heavy atom. The van der Waals surface area contributed by atoms with Gasteiger partial charge in [0.25, 0.3) is 0 Å². The molecule has 0 unspecified atom stereocenters. The Labute approximate surface area is 132 Å². The van der Waals surface area contributed by atoms with Gasteiger partial charge in [-0.25, -0.2) is 0 Å². The summed E-state index contributed by atoms with van der Waals surface area (Å²) >= 11 is 0. The van der Waals surface area contributed by atoms with Gasteiger partial charge in [0, 0.05) is 11.4 Å². The molecule has 2 aliphatic rings. The molecule has 4 rings (SSSR count). The van der Waals surface area contributed by atoms with Gasteiger partial charge in [-0.2, -0.15) is 0 Å². The first-order valence-electron chi connectivity index (χ1n) is 8.12. The highest BCUT2D eigenvalue weighted by Crippen LogP contribution is 2.45. The zero-order chi connectivity index (χ0) is 15.1. The van der Waals surface area contributed by atoms with E-state index < -0.39 is 0 Å². The Kier molecular flexibility index (Phi) is 3.32. The number of allylic oxidation sites excluding steroid dienone is 2. The van der Waals surface area contributed by atoms with E-state index in [1.165, 1.54) is 40.7 Å². The number of aromatic nitrogens is 1. The molecule has 3 nitrogen and oxygen atoms in total. The second-order valence-corrected chi connectivity index (χ2v) is 6.22. The first kappa shape index (κ1) is 13.7. The van der Waals surface area contributed by atoms with Crippen LogP contribution in [0.1, 0.15) is 43.3 Å². The lowest BCUT2D eigenvalue weighted by atomic mass is 9.65. The van der Waals surface area contributed by atoms with E-state index >= 15 is 0 Å². The average Bonchev–Trinajstić information content (AvgIpc) is 3.08. The maximum atomic E-state index is 5.42. The van der Waals surface area contributed by atoms with Crippen LogP contribution in [0.25, 0.3) is 5.57 Å². The van der Waals surface area contributed by atoms with Crippen LogP contribution in [0.4, 0.5) is 5.69 Å². The molecule has 1 aliphatic heterocycles. The lowest BCUT2D eigenvalue weighted by Gasteiger charge is -2.13. The van der Waals surface area contributed by atoms with E-state index in [-0.39, 0.29) is 0 Å². The maximum absolute atomic E-state index is 5.42. The molecule has 111 valence electrons. The van der Waals surface area contributed by atoms with E-state index in [0.29, 0.717) is 6.54 Å². The third kappa shape index (κ3) is 2.37. The minimum absolute atomic E-state index is 0.705. The summed E-state index contributed by atoms with van der Waals surface area (Å²) in [5, 5.41) is 3.52. The van der Waals surface area contributed by atoms with E-state index in [2.05, 4.69) is 32.5 Å². The molecule has 0 saturated heterocycles. The highest BCUT2D eigenvalue weighted by atomic mass is 16.3. The van der Waals surface area contributed by atoms with Crippen LogP contribution >= 0.6 is 0 Å². The molecule has 4 heteroatoms. The molecule has 1 saturated carbocycles. The van der Waals surface area contributed by atoms with E-state index in [1.807, 2.05) is 12.1 Å². The molecule has 0 aromatic carbocycles. The van der Waals surface area contributed by atoms with Crippen molar-refractivity contribution in [3.05, 3.63) is 47.1 Å². The number of fused-ring (bicyclic) bond motifs is 1. The number of rotatable bonds is 5. The fraction of sp³-hybridized carbons (Fsp3) is 0.389. The monoisotopic (exact) mass is 291 g/mol. The van der Waals surface area contributed by atoms with Gasteiger partial charge in [-0.3, -0.25) is 4.98 Å². The molecule has 1 fully saturated rings. The Morgan fingerprint density at radius 2 is 2.27 bits per heavy atom. The van der Waals surface area contributed by atoms with Crippen LogP contribution in [0.15, 0.2) is 34.4 Å². The highest BCUT2D eigenvalue weighted by molar-refractivity contribution is 6.67. The second kappa shape index (κ2) is 5.34. The third-order valence-electron chi connectivity index (χ3n) is 4.51. The maximum Gasteiger partial charge on any atom is 0.192 e. The Balaban J connectivity index is 1.67. The first-order chi connectivity index (χ1) is 10.8. The molecule has 3 heterocycles. The van der Waals surface area contributed by atoms with Crippen molar-refractivity contribution in [2.24, 2.45) is 5.92 Å². The lowest BCUT2D eigenvalue weighted by Crippen LogP contribution is -2.21. The molecule has 1 aliphatic carbocycles. The smallest absolute Gasteiger partial charge is 0.192 e. The molecule has 22 heavy (non-hydrogen) atoms. The number of nitrogens with one attached hydrogen (secondary N) is 1. The number of hydrogen-bond donors (Lipinski definition) is 1. The molecule has 1 N–H and O–H groups in total. The van der Waals surface area contributed by atoms with Gasteiger partial charge >= 0.3 is 0 Å². The van der Waals surface area contributed by atoms with Crippen LogP contribution in [0.5, 0.6) is 0 Å².